The Morgan fingerprint density at radius 3 is 2.57 bits per heavy atom. The molecule has 2 fully saturated rings. The molecule has 5 nitrogen and oxygen atoms in total. The summed E-state index contributed by atoms with van der Waals surface area (Å²) >= 11 is 0. The number of benzene rings is 1. The number of rotatable bonds is 3. The van der Waals surface area contributed by atoms with Gasteiger partial charge in [0.15, 0.2) is 0 Å². The molecule has 5 heteroatoms. The highest BCUT2D eigenvalue weighted by atomic mass is 16.6. The van der Waals surface area contributed by atoms with Crippen LogP contribution in [0.4, 0.5) is 4.79 Å². The van der Waals surface area contributed by atoms with E-state index in [1.165, 1.54) is 5.56 Å². The van der Waals surface area contributed by atoms with E-state index in [-0.39, 0.29) is 12.1 Å². The van der Waals surface area contributed by atoms with E-state index in [0.29, 0.717) is 19.2 Å². The van der Waals surface area contributed by atoms with Crippen LogP contribution in [0.2, 0.25) is 0 Å². The highest BCUT2D eigenvalue weighted by Gasteiger charge is 2.36. The molecular formula is C18H26N2O3. The van der Waals surface area contributed by atoms with Crippen LogP contribution in [-0.2, 0) is 9.47 Å². The minimum Gasteiger partial charge on any atom is -0.444 e. The molecule has 0 N–H and O–H groups in total. The number of hydrogen-bond acceptors (Lipinski definition) is 4. The zero-order valence-corrected chi connectivity index (χ0v) is 14.2. The van der Waals surface area contributed by atoms with Gasteiger partial charge in [-0.15, -0.1) is 0 Å². The van der Waals surface area contributed by atoms with E-state index in [1.807, 2.05) is 43.9 Å². The highest BCUT2D eigenvalue weighted by molar-refractivity contribution is 5.68. The van der Waals surface area contributed by atoms with Crippen LogP contribution in [0.3, 0.4) is 0 Å². The molecule has 1 aromatic carbocycles. The summed E-state index contributed by atoms with van der Waals surface area (Å²) < 4.78 is 10.9. The van der Waals surface area contributed by atoms with Crippen LogP contribution in [0.15, 0.2) is 30.3 Å². The fraction of sp³-hybridized carbons (Fsp3) is 0.611. The quantitative estimate of drug-likeness (QED) is 0.804. The third-order valence-corrected chi connectivity index (χ3v) is 4.17. The van der Waals surface area contributed by atoms with Crippen LogP contribution in [0.25, 0.3) is 0 Å². The Bertz CT molecular complexity index is 537. The largest absolute Gasteiger partial charge is 0.444 e. The maximum atomic E-state index is 12.4. The van der Waals surface area contributed by atoms with Crippen LogP contribution in [-0.4, -0.2) is 60.4 Å². The SMILES string of the molecule is CC(C)(C)OC(=O)N1CCN(CC2CO2)C(c2ccccc2)C1. The summed E-state index contributed by atoms with van der Waals surface area (Å²) in [6.45, 7) is 9.70. The van der Waals surface area contributed by atoms with E-state index >= 15 is 0 Å². The van der Waals surface area contributed by atoms with Gasteiger partial charge in [-0.3, -0.25) is 4.90 Å². The summed E-state index contributed by atoms with van der Waals surface area (Å²) in [5, 5.41) is 0. The normalized spacial score (nSPS) is 25.3. The van der Waals surface area contributed by atoms with Crippen molar-refractivity contribution in [3.63, 3.8) is 0 Å². The van der Waals surface area contributed by atoms with Gasteiger partial charge in [0.25, 0.3) is 0 Å². The molecule has 2 unspecified atom stereocenters. The lowest BCUT2D eigenvalue weighted by atomic mass is 10.0. The minimum absolute atomic E-state index is 0.196. The van der Waals surface area contributed by atoms with Crippen LogP contribution < -0.4 is 0 Å². The van der Waals surface area contributed by atoms with Gasteiger partial charge in [0.1, 0.15) is 5.60 Å². The Labute approximate surface area is 138 Å². The van der Waals surface area contributed by atoms with Crippen LogP contribution >= 0.6 is 0 Å². The van der Waals surface area contributed by atoms with E-state index in [9.17, 15) is 4.79 Å². The number of amides is 1. The molecule has 0 aliphatic carbocycles. The molecule has 0 saturated carbocycles. The van der Waals surface area contributed by atoms with Gasteiger partial charge in [0, 0.05) is 26.2 Å². The van der Waals surface area contributed by atoms with Crippen molar-refractivity contribution in [2.75, 3.05) is 32.8 Å². The second-order valence-electron chi connectivity index (χ2n) is 7.30. The van der Waals surface area contributed by atoms with Crippen molar-refractivity contribution in [1.29, 1.82) is 0 Å². The molecular weight excluding hydrogens is 292 g/mol. The summed E-state index contributed by atoms with van der Waals surface area (Å²) in [6, 6.07) is 10.6. The van der Waals surface area contributed by atoms with E-state index in [1.54, 1.807) is 0 Å². The minimum atomic E-state index is -0.460. The van der Waals surface area contributed by atoms with Crippen molar-refractivity contribution in [3.8, 4) is 0 Å². The van der Waals surface area contributed by atoms with Gasteiger partial charge >= 0.3 is 6.09 Å². The second kappa shape index (κ2) is 6.49. The van der Waals surface area contributed by atoms with Crippen molar-refractivity contribution >= 4 is 6.09 Å². The first kappa shape index (κ1) is 16.3. The molecule has 2 aliphatic heterocycles. The van der Waals surface area contributed by atoms with Crippen molar-refractivity contribution in [1.82, 2.24) is 9.80 Å². The summed E-state index contributed by atoms with van der Waals surface area (Å²) in [5.74, 6) is 0. The average molecular weight is 318 g/mol. The van der Waals surface area contributed by atoms with Crippen molar-refractivity contribution < 1.29 is 14.3 Å². The fourth-order valence-corrected chi connectivity index (χ4v) is 2.96. The third kappa shape index (κ3) is 4.45. The molecule has 1 amide bonds. The number of piperazine rings is 1. The zero-order valence-electron chi connectivity index (χ0n) is 14.2. The van der Waals surface area contributed by atoms with Crippen molar-refractivity contribution in [2.24, 2.45) is 0 Å². The van der Waals surface area contributed by atoms with E-state index in [4.69, 9.17) is 9.47 Å². The van der Waals surface area contributed by atoms with Gasteiger partial charge in [-0.25, -0.2) is 4.79 Å². The summed E-state index contributed by atoms with van der Waals surface area (Å²) in [7, 11) is 0. The lowest BCUT2D eigenvalue weighted by Crippen LogP contribution is -2.52. The Balaban J connectivity index is 1.72. The first-order valence-corrected chi connectivity index (χ1v) is 8.31. The lowest BCUT2D eigenvalue weighted by Gasteiger charge is -2.41. The van der Waals surface area contributed by atoms with Gasteiger partial charge in [-0.1, -0.05) is 30.3 Å². The fourth-order valence-electron chi connectivity index (χ4n) is 2.96. The molecule has 0 spiro atoms. The topological polar surface area (TPSA) is 45.3 Å². The zero-order chi connectivity index (χ0) is 16.4. The van der Waals surface area contributed by atoms with Crippen LogP contribution in [0, 0.1) is 0 Å². The average Bonchev–Trinajstić information content (AvgIpc) is 3.31. The van der Waals surface area contributed by atoms with Gasteiger partial charge in [0.05, 0.1) is 18.8 Å². The molecule has 126 valence electrons. The Morgan fingerprint density at radius 2 is 1.96 bits per heavy atom. The standard InChI is InChI=1S/C18H26N2O3/c1-18(2,3)23-17(21)20-10-9-19(11-15-13-22-15)16(12-20)14-7-5-4-6-8-14/h4-8,15-16H,9-13H2,1-3H3. The van der Waals surface area contributed by atoms with E-state index < -0.39 is 5.60 Å². The molecule has 3 rings (SSSR count). The first-order chi connectivity index (χ1) is 10.9. The number of epoxide rings is 1. The summed E-state index contributed by atoms with van der Waals surface area (Å²) in [6.07, 6.45) is 0.134. The van der Waals surface area contributed by atoms with Gasteiger partial charge in [0.2, 0.25) is 0 Å². The predicted octanol–water partition coefficient (Wildman–Crippen LogP) is 2.68. The molecule has 2 heterocycles. The molecule has 1 aromatic rings. The third-order valence-electron chi connectivity index (χ3n) is 4.17. The van der Waals surface area contributed by atoms with Crippen molar-refractivity contribution in [2.45, 2.75) is 38.5 Å². The molecule has 0 aromatic heterocycles. The smallest absolute Gasteiger partial charge is 0.410 e. The lowest BCUT2D eigenvalue weighted by molar-refractivity contribution is 0.00256. The predicted molar refractivity (Wildman–Crippen MR) is 88.3 cm³/mol. The van der Waals surface area contributed by atoms with Crippen molar-refractivity contribution in [3.05, 3.63) is 35.9 Å². The number of hydrogen-bond donors (Lipinski definition) is 0. The highest BCUT2D eigenvalue weighted by Crippen LogP contribution is 2.28. The molecule has 2 aliphatic rings. The number of ether oxygens (including phenoxy) is 2. The van der Waals surface area contributed by atoms with Gasteiger partial charge in [-0.2, -0.15) is 0 Å². The Kier molecular flexibility index (Phi) is 4.60. The van der Waals surface area contributed by atoms with E-state index in [0.717, 1.165) is 19.7 Å². The molecule has 0 radical (unpaired) electrons. The van der Waals surface area contributed by atoms with Gasteiger partial charge < -0.3 is 14.4 Å². The monoisotopic (exact) mass is 318 g/mol. The van der Waals surface area contributed by atoms with Gasteiger partial charge in [-0.05, 0) is 26.3 Å². The Morgan fingerprint density at radius 1 is 1.26 bits per heavy atom. The summed E-state index contributed by atoms with van der Waals surface area (Å²) in [5.41, 5.74) is 0.777. The molecule has 23 heavy (non-hydrogen) atoms. The molecule has 2 atom stereocenters. The number of nitrogens with zero attached hydrogens (tertiary/aromatic N) is 2. The second-order valence-corrected chi connectivity index (χ2v) is 7.30. The molecule has 2 saturated heterocycles. The van der Waals surface area contributed by atoms with E-state index in [2.05, 4.69) is 17.0 Å². The maximum Gasteiger partial charge on any atom is 0.410 e. The maximum absolute atomic E-state index is 12.4. The molecule has 0 bridgehead atoms. The Hall–Kier alpha value is -1.59. The van der Waals surface area contributed by atoms with Crippen LogP contribution in [0.1, 0.15) is 32.4 Å². The first-order valence-electron chi connectivity index (χ1n) is 8.31. The number of carbonyl (C=O) groups excluding carboxylic acids is 1. The summed E-state index contributed by atoms with van der Waals surface area (Å²) in [4.78, 5) is 16.6. The number of carbonyl (C=O) groups is 1. The van der Waals surface area contributed by atoms with Crippen LogP contribution in [0.5, 0.6) is 0 Å².